The van der Waals surface area contributed by atoms with Gasteiger partial charge in [-0.1, -0.05) is 12.1 Å². The van der Waals surface area contributed by atoms with Crippen LogP contribution in [0.5, 0.6) is 0 Å². The first-order chi connectivity index (χ1) is 6.69. The standard InChI is InChI=1S/C10H9NO3/c1-14-9(10(12)13)8-4-2-3-7(5-8)6-11/h2-5,9H,1H3,(H,12,13). The van der Waals surface area contributed by atoms with Crippen LogP contribution in [0.25, 0.3) is 0 Å². The molecule has 0 aliphatic carbocycles. The highest BCUT2D eigenvalue weighted by molar-refractivity contribution is 5.74. The number of benzene rings is 1. The number of aliphatic carboxylic acids is 1. The van der Waals surface area contributed by atoms with Gasteiger partial charge in [-0.15, -0.1) is 0 Å². The molecule has 1 unspecified atom stereocenters. The summed E-state index contributed by atoms with van der Waals surface area (Å²) < 4.78 is 4.79. The molecule has 0 radical (unpaired) electrons. The Balaban J connectivity index is 3.05. The van der Waals surface area contributed by atoms with E-state index in [2.05, 4.69) is 0 Å². The molecule has 1 rings (SSSR count). The van der Waals surface area contributed by atoms with Gasteiger partial charge in [0.25, 0.3) is 0 Å². The van der Waals surface area contributed by atoms with Gasteiger partial charge in [-0.3, -0.25) is 0 Å². The van der Waals surface area contributed by atoms with E-state index in [1.54, 1.807) is 18.2 Å². The lowest BCUT2D eigenvalue weighted by atomic mass is 10.1. The lowest BCUT2D eigenvalue weighted by molar-refractivity contribution is -0.148. The predicted octanol–water partition coefficient (Wildman–Crippen LogP) is 1.33. The molecule has 4 nitrogen and oxygen atoms in total. The summed E-state index contributed by atoms with van der Waals surface area (Å²) in [5, 5.41) is 17.4. The van der Waals surface area contributed by atoms with Crippen LogP contribution in [0.3, 0.4) is 0 Å². The Morgan fingerprint density at radius 1 is 1.64 bits per heavy atom. The maximum atomic E-state index is 10.7. The number of carbonyl (C=O) groups is 1. The van der Waals surface area contributed by atoms with E-state index in [4.69, 9.17) is 15.1 Å². The smallest absolute Gasteiger partial charge is 0.337 e. The second kappa shape index (κ2) is 4.40. The van der Waals surface area contributed by atoms with E-state index in [0.29, 0.717) is 11.1 Å². The van der Waals surface area contributed by atoms with Crippen molar-refractivity contribution in [3.8, 4) is 6.07 Å². The summed E-state index contributed by atoms with van der Waals surface area (Å²) >= 11 is 0. The highest BCUT2D eigenvalue weighted by atomic mass is 16.5. The number of rotatable bonds is 3. The Kier molecular flexibility index (Phi) is 3.21. The maximum Gasteiger partial charge on any atom is 0.337 e. The number of nitriles is 1. The summed E-state index contributed by atoms with van der Waals surface area (Å²) in [4.78, 5) is 10.7. The number of hydrogen-bond acceptors (Lipinski definition) is 3. The van der Waals surface area contributed by atoms with Crippen LogP contribution in [-0.4, -0.2) is 18.2 Å². The molecular weight excluding hydrogens is 182 g/mol. The summed E-state index contributed by atoms with van der Waals surface area (Å²) in [7, 11) is 1.32. The molecule has 0 aliphatic rings. The molecule has 0 aromatic heterocycles. The summed E-state index contributed by atoms with van der Waals surface area (Å²) in [5.74, 6) is -1.07. The number of ether oxygens (including phenoxy) is 1. The molecule has 14 heavy (non-hydrogen) atoms. The van der Waals surface area contributed by atoms with Gasteiger partial charge in [0, 0.05) is 7.11 Å². The predicted molar refractivity (Wildman–Crippen MR) is 48.5 cm³/mol. The first-order valence-electron chi connectivity index (χ1n) is 3.94. The Morgan fingerprint density at radius 3 is 2.86 bits per heavy atom. The maximum absolute atomic E-state index is 10.7. The van der Waals surface area contributed by atoms with Crippen molar-refractivity contribution in [2.75, 3.05) is 7.11 Å². The van der Waals surface area contributed by atoms with Gasteiger partial charge >= 0.3 is 5.97 Å². The third-order valence-electron chi connectivity index (χ3n) is 1.78. The van der Waals surface area contributed by atoms with E-state index < -0.39 is 12.1 Å². The second-order valence-electron chi connectivity index (χ2n) is 2.69. The second-order valence-corrected chi connectivity index (χ2v) is 2.69. The zero-order valence-electron chi connectivity index (χ0n) is 7.60. The van der Waals surface area contributed by atoms with E-state index >= 15 is 0 Å². The molecule has 1 aromatic rings. The van der Waals surface area contributed by atoms with Crippen LogP contribution in [0.2, 0.25) is 0 Å². The van der Waals surface area contributed by atoms with Crippen molar-refractivity contribution in [2.24, 2.45) is 0 Å². The van der Waals surface area contributed by atoms with Crippen LogP contribution in [-0.2, 0) is 9.53 Å². The summed E-state index contributed by atoms with van der Waals surface area (Å²) in [6.45, 7) is 0. The number of carboxylic acid groups (broad SMARTS) is 1. The highest BCUT2D eigenvalue weighted by Gasteiger charge is 2.18. The molecule has 4 heteroatoms. The van der Waals surface area contributed by atoms with Crippen LogP contribution < -0.4 is 0 Å². The highest BCUT2D eigenvalue weighted by Crippen LogP contribution is 2.17. The largest absolute Gasteiger partial charge is 0.479 e. The topological polar surface area (TPSA) is 70.3 Å². The molecular formula is C10H9NO3. The molecule has 0 saturated heterocycles. The molecule has 72 valence electrons. The SMILES string of the molecule is COC(C(=O)O)c1cccc(C#N)c1. The van der Waals surface area contributed by atoms with Gasteiger partial charge in [0.1, 0.15) is 0 Å². The zero-order chi connectivity index (χ0) is 10.6. The van der Waals surface area contributed by atoms with Crippen molar-refractivity contribution in [3.05, 3.63) is 35.4 Å². The Morgan fingerprint density at radius 2 is 2.36 bits per heavy atom. The minimum atomic E-state index is -1.07. The molecule has 0 saturated carbocycles. The minimum absolute atomic E-state index is 0.422. The Hall–Kier alpha value is -1.86. The molecule has 0 aliphatic heterocycles. The van der Waals surface area contributed by atoms with Crippen LogP contribution in [0.4, 0.5) is 0 Å². The van der Waals surface area contributed by atoms with Crippen LogP contribution in [0, 0.1) is 11.3 Å². The fourth-order valence-corrected chi connectivity index (χ4v) is 1.15. The fraction of sp³-hybridized carbons (Fsp3) is 0.200. The van der Waals surface area contributed by atoms with Crippen LogP contribution >= 0.6 is 0 Å². The first-order valence-corrected chi connectivity index (χ1v) is 3.94. The van der Waals surface area contributed by atoms with Gasteiger partial charge in [0.2, 0.25) is 0 Å². The van der Waals surface area contributed by atoms with Gasteiger partial charge in [0.15, 0.2) is 6.10 Å². The summed E-state index contributed by atoms with van der Waals surface area (Å²) in [6, 6.07) is 8.29. The lowest BCUT2D eigenvalue weighted by Gasteiger charge is -2.10. The van der Waals surface area contributed by atoms with E-state index in [0.717, 1.165) is 0 Å². The fourth-order valence-electron chi connectivity index (χ4n) is 1.15. The molecule has 1 atom stereocenters. The Bertz CT molecular complexity index is 381. The normalized spacial score (nSPS) is 11.7. The van der Waals surface area contributed by atoms with Crippen LogP contribution in [0.15, 0.2) is 24.3 Å². The van der Waals surface area contributed by atoms with Gasteiger partial charge in [-0.05, 0) is 17.7 Å². The number of hydrogen-bond donors (Lipinski definition) is 1. The van der Waals surface area contributed by atoms with Crippen molar-refractivity contribution in [1.29, 1.82) is 5.26 Å². The van der Waals surface area contributed by atoms with E-state index in [9.17, 15) is 4.79 Å². The minimum Gasteiger partial charge on any atom is -0.479 e. The van der Waals surface area contributed by atoms with E-state index in [1.807, 2.05) is 6.07 Å². The number of carboxylic acids is 1. The monoisotopic (exact) mass is 191 g/mol. The molecule has 1 aromatic carbocycles. The van der Waals surface area contributed by atoms with Gasteiger partial charge in [0.05, 0.1) is 11.6 Å². The third kappa shape index (κ3) is 2.09. The molecule has 1 N–H and O–H groups in total. The van der Waals surface area contributed by atoms with Gasteiger partial charge in [-0.2, -0.15) is 5.26 Å². The summed E-state index contributed by atoms with van der Waals surface area (Å²) in [6.07, 6.45) is -1.01. The molecule has 0 spiro atoms. The average molecular weight is 191 g/mol. The first kappa shape index (κ1) is 10.2. The molecule has 0 heterocycles. The van der Waals surface area contributed by atoms with Crippen molar-refractivity contribution in [2.45, 2.75) is 6.10 Å². The van der Waals surface area contributed by atoms with Crippen molar-refractivity contribution in [3.63, 3.8) is 0 Å². The van der Waals surface area contributed by atoms with Crippen LogP contribution in [0.1, 0.15) is 17.2 Å². The zero-order valence-corrected chi connectivity index (χ0v) is 7.60. The van der Waals surface area contributed by atoms with Crippen molar-refractivity contribution >= 4 is 5.97 Å². The lowest BCUT2D eigenvalue weighted by Crippen LogP contribution is -2.13. The number of nitrogens with zero attached hydrogens (tertiary/aromatic N) is 1. The van der Waals surface area contributed by atoms with E-state index in [-0.39, 0.29) is 0 Å². The number of methoxy groups -OCH3 is 1. The van der Waals surface area contributed by atoms with Crippen molar-refractivity contribution < 1.29 is 14.6 Å². The van der Waals surface area contributed by atoms with Gasteiger partial charge < -0.3 is 9.84 Å². The van der Waals surface area contributed by atoms with E-state index in [1.165, 1.54) is 13.2 Å². The Labute approximate surface area is 81.4 Å². The molecule has 0 amide bonds. The molecule has 0 bridgehead atoms. The quantitative estimate of drug-likeness (QED) is 0.782. The average Bonchev–Trinajstić information content (AvgIpc) is 2.19. The third-order valence-corrected chi connectivity index (χ3v) is 1.78. The molecule has 0 fully saturated rings. The van der Waals surface area contributed by atoms with Gasteiger partial charge in [-0.25, -0.2) is 4.79 Å². The van der Waals surface area contributed by atoms with Crippen molar-refractivity contribution in [1.82, 2.24) is 0 Å². The summed E-state index contributed by atoms with van der Waals surface area (Å²) in [5.41, 5.74) is 0.893.